The molecule has 1 aromatic carbocycles. The second-order valence-electron chi connectivity index (χ2n) is 6.23. The fourth-order valence-electron chi connectivity index (χ4n) is 2.33. The molecule has 1 heterocycles. The van der Waals surface area contributed by atoms with Gasteiger partial charge in [-0.15, -0.1) is 0 Å². The van der Waals surface area contributed by atoms with Crippen LogP contribution in [0.1, 0.15) is 24.5 Å². The Balaban J connectivity index is 1.80. The molecule has 3 rings (SSSR count). The third-order valence-electron chi connectivity index (χ3n) is 3.80. The monoisotopic (exact) mass is 365 g/mol. The molecule has 2 aromatic rings. The van der Waals surface area contributed by atoms with Crippen LogP contribution in [0.3, 0.4) is 0 Å². The lowest BCUT2D eigenvalue weighted by Gasteiger charge is -2.14. The summed E-state index contributed by atoms with van der Waals surface area (Å²) in [5.74, 6) is 1.91. The van der Waals surface area contributed by atoms with Crippen molar-refractivity contribution in [2.45, 2.75) is 18.8 Å². The van der Waals surface area contributed by atoms with E-state index < -0.39 is 0 Å². The Hall–Kier alpha value is -1.56. The van der Waals surface area contributed by atoms with E-state index in [1.54, 1.807) is 6.07 Å². The summed E-state index contributed by atoms with van der Waals surface area (Å²) in [5, 5.41) is 7.56. The molecule has 0 radical (unpaired) electrons. The zero-order chi connectivity index (χ0) is 17.1. The van der Waals surface area contributed by atoms with Crippen LogP contribution in [-0.4, -0.2) is 42.1 Å². The summed E-state index contributed by atoms with van der Waals surface area (Å²) in [4.78, 5) is 11.3. The summed E-state index contributed by atoms with van der Waals surface area (Å²) in [6, 6.07) is 7.49. The minimum absolute atomic E-state index is 0.493. The van der Waals surface area contributed by atoms with Crippen LogP contribution in [0.25, 0.3) is 0 Å². The second-order valence-corrected chi connectivity index (χ2v) is 7.02. The number of hydrogen-bond donors (Lipinski definition) is 2. The Bertz CT molecular complexity index is 716. The highest BCUT2D eigenvalue weighted by molar-refractivity contribution is 6.43. The average Bonchev–Trinajstić information content (AvgIpc) is 3.36. The lowest BCUT2D eigenvalue weighted by Crippen LogP contribution is -2.21. The molecular weight excluding hydrogens is 345 g/mol. The highest BCUT2D eigenvalue weighted by atomic mass is 35.5. The fraction of sp³-hybridized carbons (Fsp3) is 0.412. The summed E-state index contributed by atoms with van der Waals surface area (Å²) in [6.07, 6.45) is 2.37. The Morgan fingerprint density at radius 3 is 2.71 bits per heavy atom. The predicted molar refractivity (Wildman–Crippen MR) is 101 cm³/mol. The minimum atomic E-state index is 0.493. The summed E-state index contributed by atoms with van der Waals surface area (Å²) in [5.41, 5.74) is 1.81. The molecule has 128 valence electrons. The zero-order valence-electron chi connectivity index (χ0n) is 13.8. The molecule has 1 aliphatic carbocycles. The average molecular weight is 366 g/mol. The molecular formula is C17H21Cl2N5. The number of likely N-dealkylation sites (N-methyl/N-ethyl adjacent to an activating group) is 1. The van der Waals surface area contributed by atoms with Crippen molar-refractivity contribution in [1.29, 1.82) is 0 Å². The largest absolute Gasteiger partial charge is 0.353 e. The number of nitrogens with zero attached hydrogens (tertiary/aromatic N) is 3. The van der Waals surface area contributed by atoms with E-state index in [1.165, 1.54) is 12.8 Å². The molecule has 0 unspecified atom stereocenters. The molecule has 0 bridgehead atoms. The third kappa shape index (κ3) is 4.50. The zero-order valence-corrected chi connectivity index (χ0v) is 15.3. The van der Waals surface area contributed by atoms with Crippen molar-refractivity contribution in [2.24, 2.45) is 0 Å². The second kappa shape index (κ2) is 7.55. The Morgan fingerprint density at radius 2 is 2.00 bits per heavy atom. The van der Waals surface area contributed by atoms with Gasteiger partial charge in [-0.3, -0.25) is 0 Å². The van der Waals surface area contributed by atoms with Crippen molar-refractivity contribution in [2.75, 3.05) is 37.8 Å². The van der Waals surface area contributed by atoms with Gasteiger partial charge in [-0.25, -0.2) is 4.98 Å². The van der Waals surface area contributed by atoms with Crippen LogP contribution in [0, 0.1) is 0 Å². The van der Waals surface area contributed by atoms with E-state index >= 15 is 0 Å². The van der Waals surface area contributed by atoms with Crippen LogP contribution < -0.4 is 10.6 Å². The van der Waals surface area contributed by atoms with Crippen molar-refractivity contribution in [3.63, 3.8) is 0 Å². The van der Waals surface area contributed by atoms with Crippen LogP contribution in [0.4, 0.5) is 17.5 Å². The maximum absolute atomic E-state index is 6.26. The molecule has 0 amide bonds. The molecule has 24 heavy (non-hydrogen) atoms. The lowest BCUT2D eigenvalue weighted by molar-refractivity contribution is 0.425. The van der Waals surface area contributed by atoms with Gasteiger partial charge in [-0.2, -0.15) is 4.98 Å². The lowest BCUT2D eigenvalue weighted by atomic mass is 10.2. The van der Waals surface area contributed by atoms with Crippen molar-refractivity contribution in [3.8, 4) is 0 Å². The number of anilines is 3. The van der Waals surface area contributed by atoms with E-state index in [-0.39, 0.29) is 0 Å². The first-order valence-corrected chi connectivity index (χ1v) is 8.77. The number of benzene rings is 1. The van der Waals surface area contributed by atoms with Crippen LogP contribution in [0.5, 0.6) is 0 Å². The Morgan fingerprint density at radius 1 is 1.21 bits per heavy atom. The molecule has 0 aliphatic heterocycles. The van der Waals surface area contributed by atoms with Gasteiger partial charge in [0, 0.05) is 25.1 Å². The van der Waals surface area contributed by atoms with Crippen LogP contribution in [0.15, 0.2) is 24.3 Å². The summed E-state index contributed by atoms with van der Waals surface area (Å²) in [6.45, 7) is 1.71. The first-order chi connectivity index (χ1) is 11.5. The van der Waals surface area contributed by atoms with Gasteiger partial charge in [-0.1, -0.05) is 29.3 Å². The number of nitrogens with one attached hydrogen (secondary N) is 2. The van der Waals surface area contributed by atoms with Gasteiger partial charge in [0.15, 0.2) is 0 Å². The molecule has 1 saturated carbocycles. The van der Waals surface area contributed by atoms with Crippen LogP contribution >= 0.6 is 23.2 Å². The molecule has 2 N–H and O–H groups in total. The highest BCUT2D eigenvalue weighted by Gasteiger charge is 2.26. The van der Waals surface area contributed by atoms with Crippen LogP contribution in [0.2, 0.25) is 10.0 Å². The topological polar surface area (TPSA) is 53.1 Å². The molecule has 0 atom stereocenters. The molecule has 1 fully saturated rings. The smallest absolute Gasteiger partial charge is 0.224 e. The van der Waals surface area contributed by atoms with E-state index in [0.29, 0.717) is 21.9 Å². The van der Waals surface area contributed by atoms with Gasteiger partial charge in [0.2, 0.25) is 5.95 Å². The highest BCUT2D eigenvalue weighted by Crippen LogP contribution is 2.40. The molecule has 1 aliphatic rings. The van der Waals surface area contributed by atoms with Gasteiger partial charge < -0.3 is 15.5 Å². The maximum Gasteiger partial charge on any atom is 0.224 e. The van der Waals surface area contributed by atoms with Crippen molar-refractivity contribution >= 4 is 40.7 Å². The van der Waals surface area contributed by atoms with Crippen molar-refractivity contribution < 1.29 is 0 Å². The van der Waals surface area contributed by atoms with E-state index in [2.05, 4.69) is 25.5 Å². The number of halogens is 2. The molecule has 5 nitrogen and oxygen atoms in total. The molecule has 7 heteroatoms. The Labute approximate surface area is 152 Å². The normalized spacial score (nSPS) is 14.0. The quantitative estimate of drug-likeness (QED) is 0.762. The summed E-state index contributed by atoms with van der Waals surface area (Å²) in [7, 11) is 4.08. The van der Waals surface area contributed by atoms with Crippen molar-refractivity contribution in [1.82, 2.24) is 14.9 Å². The van der Waals surface area contributed by atoms with E-state index in [0.717, 1.165) is 30.3 Å². The number of hydrogen-bond acceptors (Lipinski definition) is 5. The predicted octanol–water partition coefficient (Wildman–Crippen LogP) is 4.38. The standard InChI is InChI=1S/C17H21Cl2N5/c1-24(2)9-8-20-17-22-14(11-6-7-11)10-15(23-17)21-13-5-3-4-12(18)16(13)19/h3-5,10-11H,6-9H2,1-2H3,(H2,20,21,22,23). The van der Waals surface area contributed by atoms with Gasteiger partial charge in [0.1, 0.15) is 5.82 Å². The third-order valence-corrected chi connectivity index (χ3v) is 4.62. The SMILES string of the molecule is CN(C)CCNc1nc(Nc2cccc(Cl)c2Cl)cc(C2CC2)n1. The number of aromatic nitrogens is 2. The van der Waals surface area contributed by atoms with E-state index in [9.17, 15) is 0 Å². The van der Waals surface area contributed by atoms with Gasteiger partial charge in [0.25, 0.3) is 0 Å². The summed E-state index contributed by atoms with van der Waals surface area (Å²) >= 11 is 12.3. The van der Waals surface area contributed by atoms with Gasteiger partial charge >= 0.3 is 0 Å². The minimum Gasteiger partial charge on any atom is -0.353 e. The van der Waals surface area contributed by atoms with Crippen molar-refractivity contribution in [3.05, 3.63) is 40.0 Å². The van der Waals surface area contributed by atoms with Gasteiger partial charge in [-0.05, 0) is 39.1 Å². The fourth-order valence-corrected chi connectivity index (χ4v) is 2.67. The van der Waals surface area contributed by atoms with E-state index in [1.807, 2.05) is 32.3 Å². The maximum atomic E-state index is 6.26. The summed E-state index contributed by atoms with van der Waals surface area (Å²) < 4.78 is 0. The Kier molecular flexibility index (Phi) is 5.43. The molecule has 0 spiro atoms. The number of rotatable bonds is 7. The van der Waals surface area contributed by atoms with E-state index in [4.69, 9.17) is 23.2 Å². The van der Waals surface area contributed by atoms with Crippen LogP contribution in [-0.2, 0) is 0 Å². The van der Waals surface area contributed by atoms with Gasteiger partial charge in [0.05, 0.1) is 21.4 Å². The molecule has 1 aromatic heterocycles. The molecule has 0 saturated heterocycles. The first-order valence-electron chi connectivity index (χ1n) is 8.01. The first kappa shape index (κ1) is 17.3.